The maximum Gasteiger partial charge on any atom is 0.393 e. The third-order valence-electron chi connectivity index (χ3n) is 2.94. The lowest BCUT2D eigenvalue weighted by Gasteiger charge is -2.20. The fourth-order valence-corrected chi connectivity index (χ4v) is 2.09. The summed E-state index contributed by atoms with van der Waals surface area (Å²) in [5.41, 5.74) is 5.39. The number of nitrogens with two attached hydrogens (primary N) is 1. The lowest BCUT2D eigenvalue weighted by Crippen LogP contribution is -2.41. The van der Waals surface area contributed by atoms with E-state index < -0.39 is 30.0 Å². The number of ether oxygens (including phenoxy) is 1. The highest BCUT2D eigenvalue weighted by molar-refractivity contribution is 5.81. The number of rotatable bonds is 3. The molecule has 0 aromatic rings. The molecule has 2 N–H and O–H groups in total. The summed E-state index contributed by atoms with van der Waals surface area (Å²) in [7, 11) is 1.35. The standard InChI is InChI=1S/C10H17F3N2O2/c1-6(14)9(16)15-3-7(5-17-2)8(4-15)10(11,12)13/h6-8H,3-5,14H2,1-2H3. The highest BCUT2D eigenvalue weighted by Crippen LogP contribution is 2.37. The summed E-state index contributed by atoms with van der Waals surface area (Å²) in [5, 5.41) is 0. The van der Waals surface area contributed by atoms with Gasteiger partial charge in [-0.05, 0) is 6.92 Å². The molecule has 1 amide bonds. The van der Waals surface area contributed by atoms with Crippen LogP contribution in [-0.4, -0.2) is 49.8 Å². The summed E-state index contributed by atoms with van der Waals surface area (Å²) in [6.07, 6.45) is -4.31. The molecule has 0 saturated carbocycles. The van der Waals surface area contributed by atoms with E-state index in [-0.39, 0.29) is 19.7 Å². The van der Waals surface area contributed by atoms with Gasteiger partial charge in [-0.2, -0.15) is 13.2 Å². The quantitative estimate of drug-likeness (QED) is 0.803. The number of alkyl halides is 3. The zero-order chi connectivity index (χ0) is 13.2. The van der Waals surface area contributed by atoms with Gasteiger partial charge in [0.05, 0.1) is 18.6 Å². The van der Waals surface area contributed by atoms with Crippen LogP contribution in [0.25, 0.3) is 0 Å². The second kappa shape index (κ2) is 5.22. The average molecular weight is 254 g/mol. The van der Waals surface area contributed by atoms with Crippen LogP contribution in [0.15, 0.2) is 0 Å². The number of likely N-dealkylation sites (tertiary alicyclic amines) is 1. The van der Waals surface area contributed by atoms with Crippen LogP contribution in [0, 0.1) is 11.8 Å². The van der Waals surface area contributed by atoms with Crippen LogP contribution in [0.1, 0.15) is 6.92 Å². The van der Waals surface area contributed by atoms with E-state index in [1.165, 1.54) is 18.9 Å². The van der Waals surface area contributed by atoms with Crippen LogP contribution in [-0.2, 0) is 9.53 Å². The van der Waals surface area contributed by atoms with E-state index in [2.05, 4.69) is 0 Å². The zero-order valence-corrected chi connectivity index (χ0v) is 9.83. The van der Waals surface area contributed by atoms with Gasteiger partial charge in [-0.1, -0.05) is 0 Å². The number of carbonyl (C=O) groups is 1. The maximum atomic E-state index is 12.7. The van der Waals surface area contributed by atoms with E-state index in [9.17, 15) is 18.0 Å². The smallest absolute Gasteiger partial charge is 0.384 e. The fraction of sp³-hybridized carbons (Fsp3) is 0.900. The van der Waals surface area contributed by atoms with E-state index in [4.69, 9.17) is 10.5 Å². The first-order valence-corrected chi connectivity index (χ1v) is 5.37. The highest BCUT2D eigenvalue weighted by Gasteiger charge is 2.50. The molecule has 1 aliphatic heterocycles. The molecule has 0 bridgehead atoms. The van der Waals surface area contributed by atoms with Gasteiger partial charge in [0.2, 0.25) is 5.91 Å². The second-order valence-corrected chi connectivity index (χ2v) is 4.40. The largest absolute Gasteiger partial charge is 0.393 e. The number of amides is 1. The Bertz CT molecular complexity index is 281. The van der Waals surface area contributed by atoms with Gasteiger partial charge in [-0.25, -0.2) is 0 Å². The Hall–Kier alpha value is -0.820. The van der Waals surface area contributed by atoms with Gasteiger partial charge in [-0.15, -0.1) is 0 Å². The third-order valence-corrected chi connectivity index (χ3v) is 2.94. The molecule has 1 saturated heterocycles. The van der Waals surface area contributed by atoms with Gasteiger partial charge in [0.15, 0.2) is 0 Å². The van der Waals surface area contributed by atoms with E-state index >= 15 is 0 Å². The Morgan fingerprint density at radius 2 is 2.12 bits per heavy atom. The molecular formula is C10H17F3N2O2. The van der Waals surface area contributed by atoms with Gasteiger partial charge in [0.25, 0.3) is 0 Å². The number of nitrogens with zero attached hydrogens (tertiary/aromatic N) is 1. The summed E-state index contributed by atoms with van der Waals surface area (Å²) < 4.78 is 43.0. The number of carbonyl (C=O) groups excluding carboxylic acids is 1. The minimum Gasteiger partial charge on any atom is -0.384 e. The SMILES string of the molecule is COCC1CN(C(=O)C(C)N)CC1C(F)(F)F. The first kappa shape index (κ1) is 14.2. The molecular weight excluding hydrogens is 237 g/mol. The molecule has 100 valence electrons. The first-order chi connectivity index (χ1) is 7.77. The number of halogens is 3. The minimum atomic E-state index is -4.31. The second-order valence-electron chi connectivity index (χ2n) is 4.40. The summed E-state index contributed by atoms with van der Waals surface area (Å²) in [6.45, 7) is 1.19. The van der Waals surface area contributed by atoms with Crippen molar-refractivity contribution in [3.8, 4) is 0 Å². The molecule has 0 spiro atoms. The maximum absolute atomic E-state index is 12.7. The van der Waals surface area contributed by atoms with E-state index in [1.807, 2.05) is 0 Å². The Morgan fingerprint density at radius 1 is 1.53 bits per heavy atom. The predicted molar refractivity (Wildman–Crippen MR) is 55.1 cm³/mol. The third kappa shape index (κ3) is 3.32. The average Bonchev–Trinajstić information content (AvgIpc) is 2.60. The monoisotopic (exact) mass is 254 g/mol. The summed E-state index contributed by atoms with van der Waals surface area (Å²) in [5.74, 6) is -2.68. The van der Waals surface area contributed by atoms with Crippen LogP contribution in [0.3, 0.4) is 0 Å². The highest BCUT2D eigenvalue weighted by atomic mass is 19.4. The predicted octanol–water partition coefficient (Wildman–Crippen LogP) is 0.617. The summed E-state index contributed by atoms with van der Waals surface area (Å²) in [6, 6.07) is -0.773. The Kier molecular flexibility index (Phi) is 4.37. The zero-order valence-electron chi connectivity index (χ0n) is 9.83. The molecule has 1 heterocycles. The van der Waals surface area contributed by atoms with Crippen molar-refractivity contribution in [3.63, 3.8) is 0 Å². The van der Waals surface area contributed by atoms with Crippen molar-refractivity contribution in [3.05, 3.63) is 0 Å². The molecule has 0 radical (unpaired) electrons. The topological polar surface area (TPSA) is 55.6 Å². The normalized spacial score (nSPS) is 27.3. The van der Waals surface area contributed by atoms with Gasteiger partial charge >= 0.3 is 6.18 Å². The van der Waals surface area contributed by atoms with Crippen molar-refractivity contribution >= 4 is 5.91 Å². The van der Waals surface area contributed by atoms with Crippen molar-refractivity contribution in [2.24, 2.45) is 17.6 Å². The van der Waals surface area contributed by atoms with Gasteiger partial charge in [0.1, 0.15) is 0 Å². The molecule has 17 heavy (non-hydrogen) atoms. The van der Waals surface area contributed by atoms with E-state index in [0.717, 1.165) is 0 Å². The van der Waals surface area contributed by atoms with Crippen LogP contribution < -0.4 is 5.73 Å². The Labute approximate surface area is 97.9 Å². The Morgan fingerprint density at radius 3 is 2.53 bits per heavy atom. The summed E-state index contributed by atoms with van der Waals surface area (Å²) in [4.78, 5) is 12.7. The molecule has 1 fully saturated rings. The molecule has 3 atom stereocenters. The lowest BCUT2D eigenvalue weighted by atomic mass is 9.96. The molecule has 3 unspecified atom stereocenters. The first-order valence-electron chi connectivity index (χ1n) is 5.37. The summed E-state index contributed by atoms with van der Waals surface area (Å²) >= 11 is 0. The van der Waals surface area contributed by atoms with Crippen molar-refractivity contribution in [1.82, 2.24) is 4.90 Å². The minimum absolute atomic E-state index is 0.00703. The van der Waals surface area contributed by atoms with E-state index in [1.54, 1.807) is 0 Å². The van der Waals surface area contributed by atoms with Crippen molar-refractivity contribution in [2.75, 3.05) is 26.8 Å². The lowest BCUT2D eigenvalue weighted by molar-refractivity contribution is -0.183. The Balaban J connectivity index is 2.75. The molecule has 7 heteroatoms. The number of hydrogen-bond acceptors (Lipinski definition) is 3. The molecule has 4 nitrogen and oxygen atoms in total. The molecule has 0 aliphatic carbocycles. The molecule has 0 aromatic heterocycles. The molecule has 1 rings (SSSR count). The van der Waals surface area contributed by atoms with Crippen LogP contribution in [0.4, 0.5) is 13.2 Å². The van der Waals surface area contributed by atoms with Gasteiger partial charge < -0.3 is 15.4 Å². The van der Waals surface area contributed by atoms with Gasteiger partial charge in [-0.3, -0.25) is 4.79 Å². The van der Waals surface area contributed by atoms with Crippen molar-refractivity contribution in [2.45, 2.75) is 19.1 Å². The van der Waals surface area contributed by atoms with Crippen LogP contribution in [0.5, 0.6) is 0 Å². The molecule has 1 aliphatic rings. The number of hydrogen-bond donors (Lipinski definition) is 1. The van der Waals surface area contributed by atoms with Crippen molar-refractivity contribution in [1.29, 1.82) is 0 Å². The van der Waals surface area contributed by atoms with Crippen molar-refractivity contribution < 1.29 is 22.7 Å². The van der Waals surface area contributed by atoms with Crippen LogP contribution in [0.2, 0.25) is 0 Å². The molecule has 0 aromatic carbocycles. The van der Waals surface area contributed by atoms with Gasteiger partial charge in [0, 0.05) is 26.1 Å². The number of methoxy groups -OCH3 is 1. The van der Waals surface area contributed by atoms with Crippen LogP contribution >= 0.6 is 0 Å². The fourth-order valence-electron chi connectivity index (χ4n) is 2.09. The van der Waals surface area contributed by atoms with E-state index in [0.29, 0.717) is 0 Å².